The molecule has 0 bridgehead atoms. The lowest BCUT2D eigenvalue weighted by molar-refractivity contribution is 0.143. The second kappa shape index (κ2) is 8.41. The van der Waals surface area contributed by atoms with Crippen molar-refractivity contribution in [3.05, 3.63) is 41.9 Å². The molecule has 1 amide bonds. The Hall–Kier alpha value is -3.57. The number of anilines is 2. The number of ether oxygens (including phenoxy) is 1. The van der Waals surface area contributed by atoms with Crippen molar-refractivity contribution in [3.63, 3.8) is 0 Å². The Morgan fingerprint density at radius 3 is 2.46 bits per heavy atom. The molecular weight excluding hydrogens is 374 g/mol. The number of amides is 1. The van der Waals surface area contributed by atoms with Crippen LogP contribution >= 0.6 is 0 Å². The van der Waals surface area contributed by atoms with Crippen LogP contribution in [0.4, 0.5) is 25.3 Å². The standard InChI is InChI=1S/C16H18F2N8O2/c17-11-7-22-15(23-8-11)26-5-3-25(4-6-26)13-12(18)10(1-2-21-13)9-28-16(27)24-14(19)20/h1-2,7-8H,3-6,9H2,(H4,19,20,24,27). The zero-order chi connectivity index (χ0) is 20.1. The van der Waals surface area contributed by atoms with E-state index in [1.807, 2.05) is 10.2 Å². The number of carbonyl (C=O) groups is 1. The van der Waals surface area contributed by atoms with Gasteiger partial charge in [-0.25, -0.2) is 28.5 Å². The molecule has 2 aromatic rings. The van der Waals surface area contributed by atoms with Gasteiger partial charge in [-0.15, -0.1) is 0 Å². The Balaban J connectivity index is 1.62. The fourth-order valence-electron chi connectivity index (χ4n) is 2.68. The summed E-state index contributed by atoms with van der Waals surface area (Å²) in [7, 11) is 0. The highest BCUT2D eigenvalue weighted by molar-refractivity contribution is 5.90. The van der Waals surface area contributed by atoms with Crippen molar-refractivity contribution in [2.45, 2.75) is 6.61 Å². The van der Waals surface area contributed by atoms with Gasteiger partial charge in [0, 0.05) is 37.9 Å². The molecule has 4 N–H and O–H groups in total. The molecule has 1 saturated heterocycles. The minimum Gasteiger partial charge on any atom is -0.444 e. The van der Waals surface area contributed by atoms with Gasteiger partial charge in [0.15, 0.2) is 23.4 Å². The topological polar surface area (TPSA) is 133 Å². The normalized spacial score (nSPS) is 13.9. The van der Waals surface area contributed by atoms with Crippen molar-refractivity contribution < 1.29 is 18.3 Å². The summed E-state index contributed by atoms with van der Waals surface area (Å²) in [5.41, 5.74) is 5.17. The van der Waals surface area contributed by atoms with Crippen molar-refractivity contribution in [2.24, 2.45) is 5.73 Å². The number of nitrogens with zero attached hydrogens (tertiary/aromatic N) is 5. The quantitative estimate of drug-likeness (QED) is 0.509. The molecule has 3 rings (SSSR count). The van der Waals surface area contributed by atoms with E-state index >= 15 is 0 Å². The molecule has 3 heterocycles. The summed E-state index contributed by atoms with van der Waals surface area (Å²) in [4.78, 5) is 27.0. The molecule has 0 aromatic carbocycles. The molecule has 0 saturated carbocycles. The van der Waals surface area contributed by atoms with E-state index in [1.165, 1.54) is 12.3 Å². The Morgan fingerprint density at radius 2 is 1.82 bits per heavy atom. The molecule has 0 spiro atoms. The molecule has 1 aliphatic heterocycles. The maximum atomic E-state index is 14.8. The predicted octanol–water partition coefficient (Wildman–Crippen LogP) is 0.596. The third-order valence-electron chi connectivity index (χ3n) is 4.02. The number of aromatic nitrogens is 3. The van der Waals surface area contributed by atoms with Gasteiger partial charge >= 0.3 is 6.09 Å². The van der Waals surface area contributed by atoms with Crippen LogP contribution in [0.15, 0.2) is 24.7 Å². The van der Waals surface area contributed by atoms with Gasteiger partial charge in [-0.05, 0) is 6.07 Å². The first-order chi connectivity index (χ1) is 13.4. The minimum atomic E-state index is -0.946. The van der Waals surface area contributed by atoms with E-state index in [9.17, 15) is 13.6 Å². The van der Waals surface area contributed by atoms with Crippen molar-refractivity contribution in [1.29, 1.82) is 5.41 Å². The number of hydrogen-bond donors (Lipinski definition) is 3. The molecule has 0 aliphatic carbocycles. The molecule has 2 aromatic heterocycles. The van der Waals surface area contributed by atoms with Crippen LogP contribution in [0.3, 0.4) is 0 Å². The van der Waals surface area contributed by atoms with Crippen LogP contribution in [0.5, 0.6) is 0 Å². The average Bonchev–Trinajstić information content (AvgIpc) is 2.67. The Labute approximate surface area is 158 Å². The van der Waals surface area contributed by atoms with Gasteiger partial charge in [0.2, 0.25) is 5.95 Å². The molecule has 0 atom stereocenters. The predicted molar refractivity (Wildman–Crippen MR) is 95.8 cm³/mol. The maximum Gasteiger partial charge on any atom is 0.414 e. The highest BCUT2D eigenvalue weighted by Gasteiger charge is 2.23. The summed E-state index contributed by atoms with van der Waals surface area (Å²) in [5.74, 6) is -1.11. The highest BCUT2D eigenvalue weighted by Crippen LogP contribution is 2.22. The number of alkyl carbamates (subject to hydrolysis) is 1. The Bertz CT molecular complexity index is 856. The van der Waals surface area contributed by atoms with E-state index in [-0.39, 0.29) is 18.0 Å². The average molecular weight is 392 g/mol. The van der Waals surface area contributed by atoms with Crippen molar-refractivity contribution in [1.82, 2.24) is 20.3 Å². The van der Waals surface area contributed by atoms with Crippen molar-refractivity contribution in [2.75, 3.05) is 36.0 Å². The summed E-state index contributed by atoms with van der Waals surface area (Å²) < 4.78 is 32.5. The van der Waals surface area contributed by atoms with Crippen LogP contribution in [0.2, 0.25) is 0 Å². The van der Waals surface area contributed by atoms with E-state index in [1.54, 1.807) is 4.90 Å². The zero-order valence-corrected chi connectivity index (χ0v) is 14.7. The van der Waals surface area contributed by atoms with Crippen LogP contribution in [-0.2, 0) is 11.3 Å². The maximum absolute atomic E-state index is 14.8. The first-order valence-corrected chi connectivity index (χ1v) is 8.32. The zero-order valence-electron chi connectivity index (χ0n) is 14.7. The van der Waals surface area contributed by atoms with Gasteiger partial charge in [-0.1, -0.05) is 0 Å². The summed E-state index contributed by atoms with van der Waals surface area (Å²) in [6.07, 6.45) is 2.68. The van der Waals surface area contributed by atoms with Crippen LogP contribution in [0.25, 0.3) is 0 Å². The number of halogens is 2. The summed E-state index contributed by atoms with van der Waals surface area (Å²) in [6.45, 7) is 1.60. The molecular formula is C16H18F2N8O2. The van der Waals surface area contributed by atoms with Crippen LogP contribution in [-0.4, -0.2) is 53.2 Å². The van der Waals surface area contributed by atoms with Gasteiger partial charge in [0.1, 0.15) is 6.61 Å². The first kappa shape index (κ1) is 19.2. The number of nitrogens with one attached hydrogen (secondary N) is 2. The number of nitrogens with two attached hydrogens (primary N) is 1. The number of pyridine rings is 1. The van der Waals surface area contributed by atoms with Crippen molar-refractivity contribution >= 4 is 23.8 Å². The van der Waals surface area contributed by atoms with E-state index in [4.69, 9.17) is 15.9 Å². The van der Waals surface area contributed by atoms with E-state index in [2.05, 4.69) is 15.0 Å². The lowest BCUT2D eigenvalue weighted by Gasteiger charge is -2.35. The second-order valence-corrected chi connectivity index (χ2v) is 5.90. The number of rotatable bonds is 4. The summed E-state index contributed by atoms with van der Waals surface area (Å²) in [6, 6.07) is 1.41. The SMILES string of the molecule is N=C(N)NC(=O)OCc1ccnc(N2CCN(c3ncc(F)cn3)CC2)c1F. The van der Waals surface area contributed by atoms with E-state index < -0.39 is 23.7 Å². The van der Waals surface area contributed by atoms with E-state index in [0.717, 1.165) is 12.4 Å². The third kappa shape index (κ3) is 4.58. The van der Waals surface area contributed by atoms with E-state index in [0.29, 0.717) is 32.1 Å². The molecule has 0 radical (unpaired) electrons. The fourth-order valence-corrected chi connectivity index (χ4v) is 2.68. The van der Waals surface area contributed by atoms with Crippen LogP contribution in [0.1, 0.15) is 5.56 Å². The van der Waals surface area contributed by atoms with Gasteiger partial charge in [-0.3, -0.25) is 10.7 Å². The third-order valence-corrected chi connectivity index (χ3v) is 4.02. The summed E-state index contributed by atoms with van der Waals surface area (Å²) in [5, 5.41) is 8.90. The second-order valence-electron chi connectivity index (χ2n) is 5.90. The van der Waals surface area contributed by atoms with Gasteiger partial charge in [-0.2, -0.15) is 0 Å². The van der Waals surface area contributed by atoms with Crippen LogP contribution < -0.4 is 20.9 Å². The molecule has 28 heavy (non-hydrogen) atoms. The number of hydrogen-bond acceptors (Lipinski definition) is 8. The molecule has 148 valence electrons. The summed E-state index contributed by atoms with van der Waals surface area (Å²) >= 11 is 0. The van der Waals surface area contributed by atoms with Gasteiger partial charge in [0.25, 0.3) is 0 Å². The largest absolute Gasteiger partial charge is 0.444 e. The molecule has 0 unspecified atom stereocenters. The van der Waals surface area contributed by atoms with Gasteiger partial charge < -0.3 is 20.3 Å². The number of piperazine rings is 1. The number of carbonyl (C=O) groups excluding carboxylic acids is 1. The Kier molecular flexibility index (Phi) is 5.77. The lowest BCUT2D eigenvalue weighted by Crippen LogP contribution is -2.47. The minimum absolute atomic E-state index is 0.146. The van der Waals surface area contributed by atoms with Gasteiger partial charge in [0.05, 0.1) is 12.4 Å². The Morgan fingerprint density at radius 1 is 1.18 bits per heavy atom. The molecule has 1 fully saturated rings. The highest BCUT2D eigenvalue weighted by atomic mass is 19.1. The first-order valence-electron chi connectivity index (χ1n) is 8.32. The molecule has 1 aliphatic rings. The monoisotopic (exact) mass is 392 g/mol. The molecule has 10 nitrogen and oxygen atoms in total. The smallest absolute Gasteiger partial charge is 0.414 e. The van der Waals surface area contributed by atoms with Crippen molar-refractivity contribution in [3.8, 4) is 0 Å². The number of guanidine groups is 1. The van der Waals surface area contributed by atoms with Crippen LogP contribution in [0, 0.1) is 17.0 Å². The fraction of sp³-hybridized carbons (Fsp3) is 0.312. The molecule has 12 heteroatoms. The lowest BCUT2D eigenvalue weighted by atomic mass is 10.2.